The van der Waals surface area contributed by atoms with Gasteiger partial charge in [0.2, 0.25) is 0 Å². The van der Waals surface area contributed by atoms with Crippen LogP contribution < -0.4 is 0 Å². The van der Waals surface area contributed by atoms with Crippen molar-refractivity contribution < 1.29 is 18.0 Å². The van der Waals surface area contributed by atoms with Crippen LogP contribution >= 0.6 is 0 Å². The zero-order chi connectivity index (χ0) is 16.9. The minimum absolute atomic E-state index is 0.00981. The molecule has 9 heteroatoms. The quantitative estimate of drug-likeness (QED) is 0.831. The van der Waals surface area contributed by atoms with Crippen molar-refractivity contribution in [3.05, 3.63) is 23.0 Å². The number of carbonyl (C=O) groups excluding carboxylic acids is 1. The third-order valence-electron chi connectivity index (χ3n) is 5.05. The number of hydrogen-bond acceptors (Lipinski definition) is 5. The van der Waals surface area contributed by atoms with E-state index >= 15 is 0 Å². The molecule has 4 rings (SSSR count). The highest BCUT2D eigenvalue weighted by Crippen LogP contribution is 2.51. The predicted molar refractivity (Wildman–Crippen MR) is 76.3 cm³/mol. The Kier molecular flexibility index (Phi) is 3.36. The van der Waals surface area contributed by atoms with Gasteiger partial charge < -0.3 is 4.90 Å². The average molecular weight is 339 g/mol. The van der Waals surface area contributed by atoms with Gasteiger partial charge in [-0.3, -0.25) is 4.79 Å². The highest BCUT2D eigenvalue weighted by Gasteiger charge is 2.68. The Bertz CT molecular complexity index is 712. The molecule has 1 aromatic heterocycles. The molecule has 0 radical (unpaired) electrons. The van der Waals surface area contributed by atoms with Crippen LogP contribution in [0, 0.1) is 5.92 Å². The fourth-order valence-corrected chi connectivity index (χ4v) is 3.65. The molecule has 0 N–H and O–H groups in total. The molecule has 0 bridgehead atoms. The zero-order valence-electron chi connectivity index (χ0n) is 12.9. The molecule has 2 aliphatic heterocycles. The van der Waals surface area contributed by atoms with Gasteiger partial charge in [-0.25, -0.2) is 0 Å². The molecule has 6 nitrogen and oxygen atoms in total. The fourth-order valence-electron chi connectivity index (χ4n) is 3.65. The molecule has 0 spiro atoms. The lowest BCUT2D eigenvalue weighted by atomic mass is 9.87. The Morgan fingerprint density at radius 1 is 1.21 bits per heavy atom. The van der Waals surface area contributed by atoms with Crippen molar-refractivity contribution in [1.82, 2.24) is 15.1 Å². The van der Waals surface area contributed by atoms with Crippen molar-refractivity contribution in [3.8, 4) is 0 Å². The van der Waals surface area contributed by atoms with Crippen molar-refractivity contribution in [1.29, 1.82) is 0 Å². The number of aromatic nitrogens is 2. The van der Waals surface area contributed by atoms with E-state index in [1.54, 1.807) is 6.07 Å². The largest absolute Gasteiger partial charge is 0.438 e. The summed E-state index contributed by atoms with van der Waals surface area (Å²) in [7, 11) is 0. The maximum Gasteiger partial charge on any atom is 0.438 e. The van der Waals surface area contributed by atoms with Crippen molar-refractivity contribution in [2.24, 2.45) is 16.1 Å². The molecule has 1 unspecified atom stereocenters. The highest BCUT2D eigenvalue weighted by atomic mass is 19.4. The molecule has 1 fully saturated rings. The molecule has 1 atom stereocenters. The number of piperidine rings is 1. The molecule has 1 aliphatic carbocycles. The molecule has 0 aromatic carbocycles. The van der Waals surface area contributed by atoms with Crippen LogP contribution in [0.2, 0.25) is 0 Å². The number of alkyl halides is 3. The smallest absolute Gasteiger partial charge is 0.337 e. The van der Waals surface area contributed by atoms with Gasteiger partial charge in [-0.1, -0.05) is 0 Å². The third-order valence-corrected chi connectivity index (χ3v) is 5.05. The second kappa shape index (κ2) is 5.22. The van der Waals surface area contributed by atoms with Gasteiger partial charge in [-0.15, -0.1) is 15.3 Å². The Labute approximate surface area is 136 Å². The molecule has 0 saturated carbocycles. The van der Waals surface area contributed by atoms with Crippen LogP contribution in [0.5, 0.6) is 0 Å². The molecule has 1 amide bonds. The van der Waals surface area contributed by atoms with Crippen LogP contribution in [-0.4, -0.2) is 45.9 Å². The summed E-state index contributed by atoms with van der Waals surface area (Å²) < 4.78 is 39.5. The SMILES string of the molecule is O=C(c1cc2c(nn1)CCC2)N1CCCC(C2(C(F)(F)F)N=N2)C1. The number of amides is 1. The number of aryl methyl sites for hydroxylation is 2. The summed E-state index contributed by atoms with van der Waals surface area (Å²) in [6.07, 6.45) is -0.937. The lowest BCUT2D eigenvalue weighted by Gasteiger charge is -2.35. The molecule has 24 heavy (non-hydrogen) atoms. The first-order valence-electron chi connectivity index (χ1n) is 8.06. The number of halogens is 3. The van der Waals surface area contributed by atoms with E-state index in [2.05, 4.69) is 20.4 Å². The highest BCUT2D eigenvalue weighted by molar-refractivity contribution is 5.92. The van der Waals surface area contributed by atoms with Gasteiger partial charge in [0.1, 0.15) is 0 Å². The predicted octanol–water partition coefficient (Wildman–Crippen LogP) is 2.54. The van der Waals surface area contributed by atoms with Gasteiger partial charge in [0, 0.05) is 19.0 Å². The molecule has 128 valence electrons. The third kappa shape index (κ3) is 2.37. The standard InChI is InChI=1S/C15H16F3N5O/c16-15(17,18)14(21-22-14)10-4-2-6-23(8-10)13(24)12-7-9-3-1-5-11(9)19-20-12/h7,10H,1-6,8H2. The maximum absolute atomic E-state index is 13.2. The van der Waals surface area contributed by atoms with E-state index < -0.39 is 17.8 Å². The summed E-state index contributed by atoms with van der Waals surface area (Å²) in [6.45, 7) is 0.409. The van der Waals surface area contributed by atoms with Crippen LogP contribution in [0.1, 0.15) is 41.0 Å². The minimum atomic E-state index is -4.50. The van der Waals surface area contributed by atoms with Crippen molar-refractivity contribution in [2.45, 2.75) is 43.9 Å². The minimum Gasteiger partial charge on any atom is -0.337 e. The average Bonchev–Trinajstić information content (AvgIpc) is 3.26. The molecular weight excluding hydrogens is 323 g/mol. The van der Waals surface area contributed by atoms with Gasteiger partial charge in [0.15, 0.2) is 5.69 Å². The van der Waals surface area contributed by atoms with Crippen LogP contribution in [0.4, 0.5) is 13.2 Å². The maximum atomic E-state index is 13.2. The topological polar surface area (TPSA) is 70.8 Å². The molecule has 3 aliphatic rings. The van der Waals surface area contributed by atoms with Crippen LogP contribution in [-0.2, 0) is 12.8 Å². The van der Waals surface area contributed by atoms with Gasteiger partial charge in [-0.05, 0) is 43.7 Å². The van der Waals surface area contributed by atoms with Gasteiger partial charge in [0.25, 0.3) is 11.6 Å². The van der Waals surface area contributed by atoms with Crippen molar-refractivity contribution >= 4 is 5.91 Å². The summed E-state index contributed by atoms with van der Waals surface area (Å²) in [5, 5.41) is 14.6. The molecule has 1 aromatic rings. The van der Waals surface area contributed by atoms with Crippen LogP contribution in [0.15, 0.2) is 16.3 Å². The normalized spacial score (nSPS) is 24.8. The number of fused-ring (bicyclic) bond motifs is 1. The Balaban J connectivity index is 1.51. The van der Waals surface area contributed by atoms with E-state index in [1.165, 1.54) is 4.90 Å². The molecular formula is C15H16F3N5O. The lowest BCUT2D eigenvalue weighted by molar-refractivity contribution is -0.180. The summed E-state index contributed by atoms with van der Waals surface area (Å²) in [4.78, 5) is 14.1. The van der Waals surface area contributed by atoms with E-state index in [4.69, 9.17) is 0 Å². The molecule has 3 heterocycles. The van der Waals surface area contributed by atoms with Gasteiger partial charge >= 0.3 is 6.18 Å². The van der Waals surface area contributed by atoms with Crippen LogP contribution in [0.25, 0.3) is 0 Å². The number of rotatable bonds is 2. The Morgan fingerprint density at radius 3 is 2.71 bits per heavy atom. The summed E-state index contributed by atoms with van der Waals surface area (Å²) >= 11 is 0. The fraction of sp³-hybridized carbons (Fsp3) is 0.667. The number of carbonyl (C=O) groups is 1. The summed E-state index contributed by atoms with van der Waals surface area (Å²) in [5.41, 5.74) is -0.173. The second-order valence-corrected chi connectivity index (χ2v) is 6.57. The van der Waals surface area contributed by atoms with E-state index in [0.717, 1.165) is 30.5 Å². The zero-order valence-corrected chi connectivity index (χ0v) is 12.9. The van der Waals surface area contributed by atoms with E-state index in [-0.39, 0.29) is 18.1 Å². The van der Waals surface area contributed by atoms with E-state index in [0.29, 0.717) is 19.4 Å². The number of nitrogens with zero attached hydrogens (tertiary/aromatic N) is 5. The first-order valence-corrected chi connectivity index (χ1v) is 8.06. The van der Waals surface area contributed by atoms with E-state index in [9.17, 15) is 18.0 Å². The summed E-state index contributed by atoms with van der Waals surface area (Å²) in [6, 6.07) is 1.73. The van der Waals surface area contributed by atoms with Crippen molar-refractivity contribution in [2.75, 3.05) is 13.1 Å². The van der Waals surface area contributed by atoms with Gasteiger partial charge in [0.05, 0.1) is 5.69 Å². The van der Waals surface area contributed by atoms with E-state index in [1.807, 2.05) is 0 Å². The lowest BCUT2D eigenvalue weighted by Crippen LogP contribution is -2.50. The first-order chi connectivity index (χ1) is 11.4. The number of likely N-dealkylation sites (tertiary alicyclic amines) is 1. The monoisotopic (exact) mass is 339 g/mol. The van der Waals surface area contributed by atoms with Crippen molar-refractivity contribution in [3.63, 3.8) is 0 Å². The second-order valence-electron chi connectivity index (χ2n) is 6.57. The first kappa shape index (κ1) is 15.5. The number of hydrogen-bond donors (Lipinski definition) is 0. The molecule has 1 saturated heterocycles. The van der Waals surface area contributed by atoms with Gasteiger partial charge in [-0.2, -0.15) is 18.3 Å². The Hall–Kier alpha value is -2.06. The van der Waals surface area contributed by atoms with Crippen LogP contribution in [0.3, 0.4) is 0 Å². The Morgan fingerprint density at radius 2 is 2.00 bits per heavy atom. The summed E-state index contributed by atoms with van der Waals surface area (Å²) in [5.74, 6) is -1.18.